The van der Waals surface area contributed by atoms with Gasteiger partial charge < -0.3 is 29.3 Å². The van der Waals surface area contributed by atoms with Gasteiger partial charge in [0.15, 0.2) is 5.17 Å². The van der Waals surface area contributed by atoms with Crippen LogP contribution in [0.15, 0.2) is 45.6 Å². The maximum atomic E-state index is 12.9. The van der Waals surface area contributed by atoms with E-state index >= 15 is 0 Å². The normalized spacial score (nSPS) is 19.8. The molecule has 0 bridgehead atoms. The molecule has 3 aliphatic heterocycles. The maximum Gasteiger partial charge on any atom is 0.338 e. The lowest BCUT2D eigenvalue weighted by Crippen LogP contribution is -2.39. The van der Waals surface area contributed by atoms with Gasteiger partial charge in [0.05, 0.1) is 45.1 Å². The number of aliphatic imine (C=N–C) groups is 1. The smallest absolute Gasteiger partial charge is 0.338 e. The van der Waals surface area contributed by atoms with E-state index in [1.807, 2.05) is 22.4 Å². The number of nitrogens with zero attached hydrogens (tertiary/aromatic N) is 3. The summed E-state index contributed by atoms with van der Waals surface area (Å²) in [7, 11) is 4.52. The lowest BCUT2D eigenvalue weighted by atomic mass is 9.93. The first-order chi connectivity index (χ1) is 17.0. The van der Waals surface area contributed by atoms with Gasteiger partial charge in [-0.15, -0.1) is 0 Å². The lowest BCUT2D eigenvalue weighted by molar-refractivity contribution is -0.136. The molecule has 35 heavy (non-hydrogen) atoms. The Labute approximate surface area is 210 Å². The van der Waals surface area contributed by atoms with Gasteiger partial charge in [0.25, 0.3) is 0 Å². The molecule has 0 spiro atoms. The number of thioether (sulfide) groups is 1. The molecule has 10 heteroatoms. The monoisotopic (exact) mass is 500 g/mol. The molecular formula is C25H32N4O5S. The Kier molecular flexibility index (Phi) is 8.02. The number of esters is 1. The van der Waals surface area contributed by atoms with E-state index in [2.05, 4.69) is 15.2 Å². The number of rotatable bonds is 9. The summed E-state index contributed by atoms with van der Waals surface area (Å²) >= 11 is 1.43. The number of amides is 1. The number of allylic oxidation sites excluding steroid dienone is 1. The minimum Gasteiger partial charge on any atom is -0.497 e. The molecular weight excluding hydrogens is 468 g/mol. The van der Waals surface area contributed by atoms with E-state index in [0.717, 1.165) is 30.9 Å². The van der Waals surface area contributed by atoms with Crippen molar-refractivity contribution in [2.45, 2.75) is 32.2 Å². The molecule has 0 saturated carbocycles. The molecule has 3 heterocycles. The number of fused-ring (bicyclic) bond motifs is 1. The van der Waals surface area contributed by atoms with Crippen LogP contribution in [0, 0.1) is 0 Å². The molecule has 1 aromatic carbocycles. The molecule has 1 amide bonds. The maximum absolute atomic E-state index is 12.9. The molecule has 188 valence electrons. The fourth-order valence-corrected chi connectivity index (χ4v) is 5.64. The first-order valence-electron chi connectivity index (χ1n) is 11.7. The summed E-state index contributed by atoms with van der Waals surface area (Å²) in [5, 5.41) is 5.66. The molecule has 1 N–H and O–H groups in total. The van der Waals surface area contributed by atoms with Crippen LogP contribution in [-0.2, 0) is 14.3 Å². The van der Waals surface area contributed by atoms with Gasteiger partial charge in [-0.3, -0.25) is 4.79 Å². The van der Waals surface area contributed by atoms with Gasteiger partial charge in [0.1, 0.15) is 11.5 Å². The number of hydrogen-bond acceptors (Lipinski definition) is 9. The minimum absolute atomic E-state index is 0.0699. The zero-order valence-electron chi connectivity index (χ0n) is 20.6. The molecule has 0 aliphatic carbocycles. The van der Waals surface area contributed by atoms with Crippen LogP contribution in [0.4, 0.5) is 0 Å². The summed E-state index contributed by atoms with van der Waals surface area (Å²) in [6.45, 7) is 5.45. The van der Waals surface area contributed by atoms with Crippen molar-refractivity contribution in [3.63, 3.8) is 0 Å². The van der Waals surface area contributed by atoms with Crippen LogP contribution in [-0.4, -0.2) is 74.4 Å². The summed E-state index contributed by atoms with van der Waals surface area (Å²) in [6.07, 6.45) is 2.61. The van der Waals surface area contributed by atoms with Crippen LogP contribution in [0.25, 0.3) is 0 Å². The Balaban J connectivity index is 1.62. The van der Waals surface area contributed by atoms with Gasteiger partial charge in [-0.25, -0.2) is 9.79 Å². The van der Waals surface area contributed by atoms with Gasteiger partial charge in [-0.05, 0) is 56.5 Å². The molecule has 9 nitrogen and oxygen atoms in total. The zero-order valence-corrected chi connectivity index (χ0v) is 21.4. The van der Waals surface area contributed by atoms with Crippen LogP contribution in [0.2, 0.25) is 0 Å². The Hall–Kier alpha value is -2.98. The first kappa shape index (κ1) is 25.1. The second kappa shape index (κ2) is 11.2. The van der Waals surface area contributed by atoms with Crippen LogP contribution in [0.1, 0.15) is 37.8 Å². The Morgan fingerprint density at radius 3 is 2.63 bits per heavy atom. The largest absolute Gasteiger partial charge is 0.497 e. The lowest BCUT2D eigenvalue weighted by Gasteiger charge is -2.36. The minimum atomic E-state index is -0.585. The Bertz CT molecular complexity index is 1080. The number of amidine groups is 1. The zero-order chi connectivity index (χ0) is 24.9. The second-order valence-electron chi connectivity index (χ2n) is 8.57. The topological polar surface area (TPSA) is 92.7 Å². The highest BCUT2D eigenvalue weighted by atomic mass is 32.2. The van der Waals surface area contributed by atoms with E-state index in [1.54, 1.807) is 27.2 Å². The van der Waals surface area contributed by atoms with Crippen molar-refractivity contribution in [2.75, 3.05) is 47.5 Å². The van der Waals surface area contributed by atoms with E-state index in [4.69, 9.17) is 14.2 Å². The Morgan fingerprint density at radius 1 is 1.17 bits per heavy atom. The number of methoxy groups -OCH3 is 3. The van der Waals surface area contributed by atoms with E-state index in [1.165, 1.54) is 31.7 Å². The SMILES string of the molecule is COC(=O)C1=C(C)N=C2SC=C(CC(=O)NCCN3CCCC3)N2[C@H]1c1cc(OC)ccc1OC. The van der Waals surface area contributed by atoms with Crippen molar-refractivity contribution < 1.29 is 23.8 Å². The van der Waals surface area contributed by atoms with Gasteiger partial charge >= 0.3 is 5.97 Å². The first-order valence-corrected chi connectivity index (χ1v) is 12.6. The number of carbonyl (C=O) groups excluding carboxylic acids is 2. The van der Waals surface area contributed by atoms with Gasteiger partial charge in [0, 0.05) is 24.4 Å². The van der Waals surface area contributed by atoms with Crippen LogP contribution < -0.4 is 14.8 Å². The van der Waals surface area contributed by atoms with Crippen molar-refractivity contribution in [3.05, 3.63) is 46.1 Å². The molecule has 1 saturated heterocycles. The molecule has 1 fully saturated rings. The average molecular weight is 501 g/mol. The number of ether oxygens (including phenoxy) is 3. The molecule has 0 unspecified atom stereocenters. The predicted molar refractivity (Wildman–Crippen MR) is 135 cm³/mol. The average Bonchev–Trinajstić information content (AvgIpc) is 3.52. The van der Waals surface area contributed by atoms with Crippen LogP contribution >= 0.6 is 11.8 Å². The van der Waals surface area contributed by atoms with Crippen LogP contribution in [0.3, 0.4) is 0 Å². The number of nitrogens with one attached hydrogen (secondary N) is 1. The standard InChI is InChI=1S/C25H32N4O5S/c1-16-22(24(31)34-4)23(19-14-18(32-2)7-8-20(19)33-3)29-17(15-35-25(29)27-16)13-21(30)26-9-12-28-10-5-6-11-28/h7-8,14-15,23H,5-6,9-13H2,1-4H3,(H,26,30)/t23-/m0/s1. The quantitative estimate of drug-likeness (QED) is 0.518. The number of hydrogen-bond donors (Lipinski definition) is 1. The molecule has 0 radical (unpaired) electrons. The van der Waals surface area contributed by atoms with Crippen molar-refractivity contribution in [3.8, 4) is 11.5 Å². The molecule has 1 aromatic rings. The number of likely N-dealkylation sites (tertiary alicyclic amines) is 1. The molecule has 3 aliphatic rings. The fraction of sp³-hybridized carbons (Fsp3) is 0.480. The van der Waals surface area contributed by atoms with E-state index in [0.29, 0.717) is 34.5 Å². The molecule has 4 rings (SSSR count). The summed E-state index contributed by atoms with van der Waals surface area (Å²) in [6, 6.07) is 4.87. The number of benzene rings is 1. The summed E-state index contributed by atoms with van der Waals surface area (Å²) in [5.41, 5.74) is 2.44. The summed E-state index contributed by atoms with van der Waals surface area (Å²) in [5.74, 6) is 0.673. The van der Waals surface area contributed by atoms with Crippen LogP contribution in [0.5, 0.6) is 11.5 Å². The highest BCUT2D eigenvalue weighted by molar-refractivity contribution is 8.16. The second-order valence-corrected chi connectivity index (χ2v) is 9.40. The van der Waals surface area contributed by atoms with E-state index < -0.39 is 12.0 Å². The number of carbonyl (C=O) groups is 2. The van der Waals surface area contributed by atoms with E-state index in [-0.39, 0.29) is 12.3 Å². The van der Waals surface area contributed by atoms with Crippen molar-refractivity contribution >= 4 is 28.8 Å². The highest BCUT2D eigenvalue weighted by Crippen LogP contribution is 2.47. The van der Waals surface area contributed by atoms with Crippen molar-refractivity contribution in [2.24, 2.45) is 4.99 Å². The summed E-state index contributed by atoms with van der Waals surface area (Å²) < 4.78 is 16.2. The van der Waals surface area contributed by atoms with Crippen molar-refractivity contribution in [1.82, 2.24) is 15.1 Å². The predicted octanol–water partition coefficient (Wildman–Crippen LogP) is 3.05. The third-order valence-electron chi connectivity index (χ3n) is 6.43. The molecule has 0 aromatic heterocycles. The summed E-state index contributed by atoms with van der Waals surface area (Å²) in [4.78, 5) is 34.8. The third kappa shape index (κ3) is 5.33. The molecule has 1 atom stereocenters. The third-order valence-corrected chi connectivity index (χ3v) is 7.32. The van der Waals surface area contributed by atoms with Gasteiger partial charge in [-0.1, -0.05) is 11.8 Å². The highest BCUT2D eigenvalue weighted by Gasteiger charge is 2.42. The van der Waals surface area contributed by atoms with E-state index in [9.17, 15) is 9.59 Å². The Morgan fingerprint density at radius 2 is 1.94 bits per heavy atom. The van der Waals surface area contributed by atoms with Gasteiger partial charge in [0.2, 0.25) is 5.91 Å². The van der Waals surface area contributed by atoms with Gasteiger partial charge in [-0.2, -0.15) is 0 Å². The fourth-order valence-electron chi connectivity index (χ4n) is 4.67. The van der Waals surface area contributed by atoms with Crippen molar-refractivity contribution in [1.29, 1.82) is 0 Å².